The lowest BCUT2D eigenvalue weighted by molar-refractivity contribution is -0.121. The van der Waals surface area contributed by atoms with Crippen molar-refractivity contribution in [3.05, 3.63) is 106 Å². The second kappa shape index (κ2) is 9.11. The predicted molar refractivity (Wildman–Crippen MR) is 190 cm³/mol. The van der Waals surface area contributed by atoms with Crippen LogP contribution in [0.2, 0.25) is 0 Å². The van der Waals surface area contributed by atoms with Crippen molar-refractivity contribution in [1.82, 2.24) is 29.9 Å². The van der Waals surface area contributed by atoms with Crippen molar-refractivity contribution in [3.8, 4) is 0 Å². The van der Waals surface area contributed by atoms with E-state index in [4.69, 9.17) is 19.9 Å². The third-order valence-corrected chi connectivity index (χ3v) is 13.2. The van der Waals surface area contributed by atoms with Crippen LogP contribution in [0.3, 0.4) is 0 Å². The Balaban J connectivity index is 1.20. The van der Waals surface area contributed by atoms with Crippen molar-refractivity contribution >= 4 is 67.8 Å². The molecule has 0 saturated heterocycles. The number of hydrogen-bond acceptors (Lipinski definition) is 8. The Kier molecular flexibility index (Phi) is 4.87. The largest absolute Gasteiger partial charge is 0.340 e. The number of ketones is 4. The quantitative estimate of drug-likeness (QED) is 0.279. The fraction of sp³-hybridized carbons (Fsp3) is 0.286. The van der Waals surface area contributed by atoms with Gasteiger partial charge in [0.05, 0.1) is 35.1 Å². The van der Waals surface area contributed by atoms with Gasteiger partial charge in [-0.2, -0.15) is 0 Å². The maximum atomic E-state index is 13.4. The molecule has 5 heterocycles. The summed E-state index contributed by atoms with van der Waals surface area (Å²) in [6.45, 7) is 0. The van der Waals surface area contributed by atoms with Gasteiger partial charge in [0, 0.05) is 82.7 Å². The molecule has 3 aromatic rings. The summed E-state index contributed by atoms with van der Waals surface area (Å²) in [6, 6.07) is 4.03. The molecule has 0 aromatic carbocycles. The number of nitrogens with one attached hydrogen (secondary N) is 2. The number of allylic oxidation sites excluding steroid dienone is 12. The maximum Gasteiger partial charge on any atom is 0.159 e. The van der Waals surface area contributed by atoms with Gasteiger partial charge in [0.1, 0.15) is 34.4 Å². The number of aromatic nitrogens is 6. The van der Waals surface area contributed by atoms with E-state index < -0.39 is 23.7 Å². The molecular formula is C42H28N6O4. The van der Waals surface area contributed by atoms with Crippen LogP contribution in [-0.2, 0) is 19.2 Å². The summed E-state index contributed by atoms with van der Waals surface area (Å²) in [7, 11) is 0. The molecule has 3 aromatic heterocycles. The molecule has 0 fully saturated rings. The lowest BCUT2D eigenvalue weighted by atomic mass is 9.70. The standard InChI is InChI=1S/C42H28N6O4/c49-27-11-17-3-5-19(27)35-25-13-23-31-15-1-7-21(29(51)9-15)37(31)41(43-23)47-39-34-18-4-6-20(28(50)12-18)36(34)26(46-39)14-24-32-16-2-8-22(30(52)10-16)38(32)42(44-24)48-40(45-25)33(17)35/h1-8,13-22H,9-12H2,(H,43,46,47)(H,44,45,48)/t15-,16?,17?,18?,19?,20-,21?,22-/m0/s1. The van der Waals surface area contributed by atoms with Crippen molar-refractivity contribution in [2.75, 3.05) is 0 Å². The van der Waals surface area contributed by atoms with Gasteiger partial charge in [-0.05, 0) is 34.4 Å². The third kappa shape index (κ3) is 3.28. The Morgan fingerprint density at radius 2 is 0.808 bits per heavy atom. The third-order valence-electron chi connectivity index (χ3n) is 13.2. The van der Waals surface area contributed by atoms with E-state index in [0.29, 0.717) is 60.0 Å². The highest BCUT2D eigenvalue weighted by Crippen LogP contribution is 2.54. The number of hydrogen-bond donors (Lipinski definition) is 2. The zero-order valence-corrected chi connectivity index (χ0v) is 27.6. The highest BCUT2D eigenvalue weighted by Gasteiger charge is 2.46. The van der Waals surface area contributed by atoms with Crippen molar-refractivity contribution in [2.24, 2.45) is 23.7 Å². The Morgan fingerprint density at radius 3 is 1.23 bits per heavy atom. The van der Waals surface area contributed by atoms with Gasteiger partial charge in [0.2, 0.25) is 0 Å². The van der Waals surface area contributed by atoms with Gasteiger partial charge in [0.15, 0.2) is 11.6 Å². The lowest BCUT2D eigenvalue weighted by Crippen LogP contribution is -2.28. The molecule has 250 valence electrons. The van der Waals surface area contributed by atoms with Crippen LogP contribution in [0, 0.1) is 23.7 Å². The van der Waals surface area contributed by atoms with Crippen LogP contribution in [0.4, 0.5) is 0 Å². The number of aromatic amines is 2. The monoisotopic (exact) mass is 680 g/mol. The zero-order valence-electron chi connectivity index (χ0n) is 27.6. The predicted octanol–water partition coefficient (Wildman–Crippen LogP) is 5.90. The number of carbonyl (C=O) groups excluding carboxylic acids is 4. The molecule has 12 aliphatic carbocycles. The summed E-state index contributed by atoms with van der Waals surface area (Å²) in [5.41, 5.74) is 11.6. The first-order chi connectivity index (χ1) is 25.4. The minimum atomic E-state index is -0.420. The van der Waals surface area contributed by atoms with Gasteiger partial charge < -0.3 is 9.97 Å². The molecule has 2 aliphatic heterocycles. The van der Waals surface area contributed by atoms with Gasteiger partial charge in [-0.1, -0.05) is 48.6 Å². The van der Waals surface area contributed by atoms with Crippen LogP contribution in [0.25, 0.3) is 44.6 Å². The lowest BCUT2D eigenvalue weighted by Gasteiger charge is -2.31. The van der Waals surface area contributed by atoms with Gasteiger partial charge in [-0.3, -0.25) is 19.2 Å². The van der Waals surface area contributed by atoms with E-state index in [-0.39, 0.29) is 46.8 Å². The van der Waals surface area contributed by atoms with Crippen molar-refractivity contribution in [2.45, 2.75) is 49.4 Å². The Morgan fingerprint density at radius 1 is 0.423 bits per heavy atom. The molecule has 8 atom stereocenters. The number of H-pyrrole nitrogens is 2. The number of rotatable bonds is 0. The number of nitrogens with zero attached hydrogens (tertiary/aromatic N) is 4. The van der Waals surface area contributed by atoms with Crippen LogP contribution in [0.5, 0.6) is 0 Å². The van der Waals surface area contributed by atoms with Gasteiger partial charge >= 0.3 is 0 Å². The van der Waals surface area contributed by atoms with Gasteiger partial charge in [-0.25, -0.2) is 19.9 Å². The molecule has 0 amide bonds. The Labute approximate surface area is 295 Å². The van der Waals surface area contributed by atoms with E-state index in [9.17, 15) is 19.2 Å². The molecular weight excluding hydrogens is 653 g/mol. The molecule has 10 heteroatoms. The molecule has 5 unspecified atom stereocenters. The first kappa shape index (κ1) is 27.8. The highest BCUT2D eigenvalue weighted by molar-refractivity contribution is 6.12. The van der Waals surface area contributed by atoms with E-state index >= 15 is 0 Å². The van der Waals surface area contributed by atoms with E-state index in [2.05, 4.69) is 34.3 Å². The topological polar surface area (TPSA) is 151 Å². The minimum Gasteiger partial charge on any atom is -0.340 e. The van der Waals surface area contributed by atoms with E-state index in [1.807, 2.05) is 36.4 Å². The molecule has 0 saturated carbocycles. The van der Waals surface area contributed by atoms with Crippen molar-refractivity contribution in [1.29, 1.82) is 0 Å². The van der Waals surface area contributed by atoms with Crippen LogP contribution in [-0.4, -0.2) is 53.0 Å². The van der Waals surface area contributed by atoms with Crippen molar-refractivity contribution in [3.63, 3.8) is 0 Å². The number of fused-ring (bicyclic) bond motifs is 12. The van der Waals surface area contributed by atoms with Crippen LogP contribution in [0.1, 0.15) is 94.6 Å². The molecule has 0 spiro atoms. The zero-order chi connectivity index (χ0) is 34.3. The molecule has 14 aliphatic rings. The highest BCUT2D eigenvalue weighted by atomic mass is 16.1. The molecule has 10 nitrogen and oxygen atoms in total. The normalized spacial score (nSPS) is 32.0. The first-order valence-corrected chi connectivity index (χ1v) is 18.3. The second-order valence-corrected chi connectivity index (χ2v) is 15.8. The van der Waals surface area contributed by atoms with E-state index in [1.54, 1.807) is 0 Å². The summed E-state index contributed by atoms with van der Waals surface area (Å²) in [6.07, 6.45) is 18.1. The van der Waals surface area contributed by atoms with E-state index in [1.165, 1.54) is 0 Å². The van der Waals surface area contributed by atoms with Crippen LogP contribution >= 0.6 is 0 Å². The minimum absolute atomic E-state index is 0.111. The fourth-order valence-electron chi connectivity index (χ4n) is 11.0. The Bertz CT molecular complexity index is 2600. The smallest absolute Gasteiger partial charge is 0.159 e. The number of carbonyl (C=O) groups is 4. The Hall–Kier alpha value is -5.90. The van der Waals surface area contributed by atoms with Crippen molar-refractivity contribution < 1.29 is 19.2 Å². The van der Waals surface area contributed by atoms with Crippen LogP contribution in [0.15, 0.2) is 60.7 Å². The molecule has 52 heavy (non-hydrogen) atoms. The summed E-state index contributed by atoms with van der Waals surface area (Å²) >= 11 is 0. The molecule has 17 rings (SSSR count). The van der Waals surface area contributed by atoms with Gasteiger partial charge in [0.25, 0.3) is 0 Å². The summed E-state index contributed by atoms with van der Waals surface area (Å²) in [5.74, 6) is -0.400. The average Bonchev–Trinajstić information content (AvgIpc) is 3.90. The van der Waals surface area contributed by atoms with Gasteiger partial charge in [-0.15, -0.1) is 0 Å². The summed E-state index contributed by atoms with van der Waals surface area (Å²) in [5, 5.41) is 0. The fourth-order valence-corrected chi connectivity index (χ4v) is 11.0. The first-order valence-electron chi connectivity index (χ1n) is 18.3. The molecule has 2 N–H and O–H groups in total. The van der Waals surface area contributed by atoms with Crippen LogP contribution < -0.4 is 0 Å². The van der Waals surface area contributed by atoms with E-state index in [0.717, 1.165) is 55.6 Å². The summed E-state index contributed by atoms with van der Waals surface area (Å²) in [4.78, 5) is 81.7. The molecule has 16 bridgehead atoms. The average molecular weight is 681 g/mol. The molecule has 0 radical (unpaired) electrons. The maximum absolute atomic E-state index is 13.4. The second-order valence-electron chi connectivity index (χ2n) is 15.8. The number of Topliss-reactive ketones (excluding diaryl/α,β-unsaturated/α-hetero) is 4. The SMILES string of the molecule is O=C1CC2C=CC1C1=C2c2nc1cc1[nH]c(nc3nc(cc4[nH]c(n2)c2c4C4C=C[C@H]2C(=O)C4)C2=C3C3C=C[C@H]2C(=O)C3)c2c1[C@H]1C=CC2C(=O)C1. The summed E-state index contributed by atoms with van der Waals surface area (Å²) < 4.78 is 0.